The number of pyridine rings is 2. The summed E-state index contributed by atoms with van der Waals surface area (Å²) in [6, 6.07) is 10.3. The minimum Gasteiger partial charge on any atom is -0.313 e. The van der Waals surface area contributed by atoms with Crippen molar-refractivity contribution in [1.82, 2.24) is 14.9 Å². The van der Waals surface area contributed by atoms with Gasteiger partial charge < -0.3 is 9.80 Å². The molecule has 0 atom stereocenters. The predicted molar refractivity (Wildman–Crippen MR) is 143 cm³/mol. The molecule has 39 heavy (non-hydrogen) atoms. The Bertz CT molecular complexity index is 1340. The number of halogens is 3. The fourth-order valence-corrected chi connectivity index (χ4v) is 4.92. The van der Waals surface area contributed by atoms with Gasteiger partial charge in [-0.05, 0) is 68.1 Å². The highest BCUT2D eigenvalue weighted by molar-refractivity contribution is 6.19. The lowest BCUT2D eigenvalue weighted by atomic mass is 9.90. The number of aromatic nitrogens is 2. The Morgan fingerprint density at radius 2 is 1.67 bits per heavy atom. The predicted octanol–water partition coefficient (Wildman–Crippen LogP) is 5.10. The van der Waals surface area contributed by atoms with Crippen LogP contribution in [0.25, 0.3) is 0 Å². The number of hydrogen-bond acceptors (Lipinski definition) is 5. The zero-order chi connectivity index (χ0) is 28.4. The quantitative estimate of drug-likeness (QED) is 0.373. The third kappa shape index (κ3) is 5.95. The van der Waals surface area contributed by atoms with Gasteiger partial charge in [0.2, 0.25) is 11.8 Å². The van der Waals surface area contributed by atoms with E-state index in [9.17, 15) is 22.8 Å². The second kappa shape index (κ2) is 11.1. The van der Waals surface area contributed by atoms with Crippen molar-refractivity contribution in [2.45, 2.75) is 46.5 Å². The highest BCUT2D eigenvalue weighted by atomic mass is 19.4. The number of alkyl halides is 3. The van der Waals surface area contributed by atoms with E-state index in [-0.39, 0.29) is 23.9 Å². The standard InChI is InChI=1S/C29H32F3N5O2/c1-5-37-24-9-8-21(15-25(24)35(4)26(38)28(2,3)27(37)39)18-36(14-11-20-7-6-12-33-16-20)19-22-17-34-13-10-23(22)29(30,31)32/h6-10,12-13,15-17H,5,11,14,18-19H2,1-4H3. The van der Waals surface area contributed by atoms with Crippen LogP contribution < -0.4 is 9.80 Å². The van der Waals surface area contributed by atoms with E-state index in [2.05, 4.69) is 9.97 Å². The van der Waals surface area contributed by atoms with Gasteiger partial charge in [0, 0.05) is 58.0 Å². The minimum atomic E-state index is -4.50. The topological polar surface area (TPSA) is 69.6 Å². The number of rotatable bonds is 8. The Kier molecular flexibility index (Phi) is 8.06. The zero-order valence-corrected chi connectivity index (χ0v) is 22.5. The van der Waals surface area contributed by atoms with Gasteiger partial charge in [0.05, 0.1) is 16.9 Å². The number of benzene rings is 1. The Morgan fingerprint density at radius 3 is 2.33 bits per heavy atom. The van der Waals surface area contributed by atoms with Crippen LogP contribution in [-0.4, -0.2) is 46.8 Å². The van der Waals surface area contributed by atoms with Crippen LogP contribution in [0.5, 0.6) is 0 Å². The molecule has 10 heteroatoms. The molecular weight excluding hydrogens is 507 g/mol. The molecule has 2 aromatic heterocycles. The molecule has 3 heterocycles. The summed E-state index contributed by atoms with van der Waals surface area (Å²) in [7, 11) is 1.64. The van der Waals surface area contributed by atoms with Gasteiger partial charge in [0.15, 0.2) is 0 Å². The first-order valence-electron chi connectivity index (χ1n) is 12.8. The van der Waals surface area contributed by atoms with Crippen molar-refractivity contribution < 1.29 is 22.8 Å². The molecule has 3 aromatic rings. The summed E-state index contributed by atoms with van der Waals surface area (Å²) in [5.41, 5.74) is 1.13. The van der Waals surface area contributed by atoms with Crippen LogP contribution in [0.1, 0.15) is 43.0 Å². The molecule has 0 aliphatic carbocycles. The van der Waals surface area contributed by atoms with Crippen LogP contribution in [0.2, 0.25) is 0 Å². The van der Waals surface area contributed by atoms with Crippen molar-refractivity contribution in [3.8, 4) is 0 Å². The van der Waals surface area contributed by atoms with Gasteiger partial charge in [0.1, 0.15) is 5.41 Å². The molecule has 206 valence electrons. The summed E-state index contributed by atoms with van der Waals surface area (Å²) in [5, 5.41) is 0. The molecule has 0 saturated heterocycles. The summed E-state index contributed by atoms with van der Waals surface area (Å²) in [4.78, 5) is 39.5. The molecule has 0 N–H and O–H groups in total. The van der Waals surface area contributed by atoms with Crippen molar-refractivity contribution in [2.75, 3.05) is 29.9 Å². The number of carbonyl (C=O) groups is 2. The molecule has 0 unspecified atom stereocenters. The number of fused-ring (bicyclic) bond motifs is 1. The molecular formula is C29H32F3N5O2. The van der Waals surface area contributed by atoms with E-state index < -0.39 is 17.2 Å². The lowest BCUT2D eigenvalue weighted by molar-refractivity contribution is -0.139. The van der Waals surface area contributed by atoms with E-state index in [4.69, 9.17) is 0 Å². The second-order valence-electron chi connectivity index (χ2n) is 10.2. The van der Waals surface area contributed by atoms with E-state index in [0.29, 0.717) is 37.4 Å². The first kappa shape index (κ1) is 28.2. The van der Waals surface area contributed by atoms with Crippen molar-refractivity contribution in [3.63, 3.8) is 0 Å². The second-order valence-corrected chi connectivity index (χ2v) is 10.2. The summed E-state index contributed by atoms with van der Waals surface area (Å²) in [6.07, 6.45) is 1.91. The average Bonchev–Trinajstić information content (AvgIpc) is 2.96. The lowest BCUT2D eigenvalue weighted by Gasteiger charge is -2.27. The number of nitrogens with zero attached hydrogens (tertiary/aromatic N) is 5. The number of amides is 2. The molecule has 1 aliphatic heterocycles. The fraction of sp³-hybridized carbons (Fsp3) is 0.379. The molecule has 1 aliphatic rings. The Balaban J connectivity index is 1.68. The minimum absolute atomic E-state index is 0.0292. The number of carbonyl (C=O) groups excluding carboxylic acids is 2. The first-order chi connectivity index (χ1) is 18.4. The van der Waals surface area contributed by atoms with Crippen LogP contribution in [-0.2, 0) is 35.3 Å². The van der Waals surface area contributed by atoms with Gasteiger partial charge in [0.25, 0.3) is 0 Å². The van der Waals surface area contributed by atoms with E-state index in [1.807, 2.05) is 42.2 Å². The van der Waals surface area contributed by atoms with Gasteiger partial charge in [-0.2, -0.15) is 13.2 Å². The fourth-order valence-electron chi connectivity index (χ4n) is 4.92. The molecule has 2 amide bonds. The maximum absolute atomic E-state index is 13.7. The highest BCUT2D eigenvalue weighted by Gasteiger charge is 2.45. The van der Waals surface area contributed by atoms with Gasteiger partial charge in [-0.3, -0.25) is 24.5 Å². The van der Waals surface area contributed by atoms with Crippen LogP contribution in [0, 0.1) is 5.41 Å². The van der Waals surface area contributed by atoms with Gasteiger partial charge >= 0.3 is 6.18 Å². The highest BCUT2D eigenvalue weighted by Crippen LogP contribution is 2.39. The van der Waals surface area contributed by atoms with Crippen LogP contribution in [0.3, 0.4) is 0 Å². The van der Waals surface area contributed by atoms with Crippen molar-refractivity contribution in [2.24, 2.45) is 5.41 Å². The largest absolute Gasteiger partial charge is 0.416 e. The number of hydrogen-bond donors (Lipinski definition) is 0. The van der Waals surface area contributed by atoms with Gasteiger partial charge in [-0.25, -0.2) is 0 Å². The lowest BCUT2D eigenvalue weighted by Crippen LogP contribution is -2.47. The zero-order valence-electron chi connectivity index (χ0n) is 22.5. The smallest absolute Gasteiger partial charge is 0.313 e. The molecule has 0 bridgehead atoms. The maximum atomic E-state index is 13.7. The number of anilines is 2. The van der Waals surface area contributed by atoms with Crippen LogP contribution in [0.4, 0.5) is 24.5 Å². The summed E-state index contributed by atoms with van der Waals surface area (Å²) < 4.78 is 41.2. The molecule has 0 saturated carbocycles. The Hall–Kier alpha value is -3.79. The van der Waals surface area contributed by atoms with E-state index in [1.165, 1.54) is 11.1 Å². The third-order valence-electron chi connectivity index (χ3n) is 7.08. The van der Waals surface area contributed by atoms with E-state index >= 15 is 0 Å². The van der Waals surface area contributed by atoms with Gasteiger partial charge in [-0.1, -0.05) is 12.1 Å². The van der Waals surface area contributed by atoms with Crippen molar-refractivity contribution in [1.29, 1.82) is 0 Å². The molecule has 0 spiro atoms. The average molecular weight is 540 g/mol. The molecule has 4 rings (SSSR count). The van der Waals surface area contributed by atoms with E-state index in [1.54, 1.807) is 38.2 Å². The molecule has 0 radical (unpaired) electrons. The Morgan fingerprint density at radius 1 is 0.923 bits per heavy atom. The molecule has 7 nitrogen and oxygen atoms in total. The maximum Gasteiger partial charge on any atom is 0.416 e. The molecule has 1 aromatic carbocycles. The summed E-state index contributed by atoms with van der Waals surface area (Å²) in [6.45, 7) is 6.32. The van der Waals surface area contributed by atoms with Crippen LogP contribution in [0.15, 0.2) is 61.2 Å². The first-order valence-corrected chi connectivity index (χ1v) is 12.8. The monoisotopic (exact) mass is 539 g/mol. The third-order valence-corrected chi connectivity index (χ3v) is 7.08. The van der Waals surface area contributed by atoms with Gasteiger partial charge in [-0.15, -0.1) is 0 Å². The van der Waals surface area contributed by atoms with Crippen LogP contribution >= 0.6 is 0 Å². The summed E-state index contributed by atoms with van der Waals surface area (Å²) in [5.74, 6) is -0.594. The van der Waals surface area contributed by atoms with Crippen molar-refractivity contribution >= 4 is 23.2 Å². The SMILES string of the molecule is CCN1C(=O)C(C)(C)C(=O)N(C)c2cc(CN(CCc3cccnc3)Cc3cnccc3C(F)(F)F)ccc21. The molecule has 0 fully saturated rings. The summed E-state index contributed by atoms with van der Waals surface area (Å²) >= 11 is 0. The normalized spacial score (nSPS) is 15.5. The van der Waals surface area contributed by atoms with E-state index in [0.717, 1.165) is 23.4 Å². The van der Waals surface area contributed by atoms with Crippen molar-refractivity contribution in [3.05, 3.63) is 83.4 Å². The Labute approximate surface area is 226 Å².